The van der Waals surface area contributed by atoms with E-state index in [-0.39, 0.29) is 12.0 Å². The summed E-state index contributed by atoms with van der Waals surface area (Å²) in [6.45, 7) is 5.29. The SMILES string of the molecule is CC(C)(C)OC(=O)[C@@H]1N[C@H]1c1ccc(C(F)(F)F)cc1. The normalized spacial score (nSPS) is 22.5. The minimum Gasteiger partial charge on any atom is -0.459 e. The van der Waals surface area contributed by atoms with Crippen LogP contribution in [-0.4, -0.2) is 17.6 Å². The monoisotopic (exact) mass is 287 g/mol. The number of carbonyl (C=O) groups is 1. The van der Waals surface area contributed by atoms with Crippen molar-refractivity contribution in [3.05, 3.63) is 35.4 Å². The van der Waals surface area contributed by atoms with E-state index in [0.29, 0.717) is 5.56 Å². The summed E-state index contributed by atoms with van der Waals surface area (Å²) in [6, 6.07) is 4.04. The summed E-state index contributed by atoms with van der Waals surface area (Å²) in [6.07, 6.45) is -4.35. The highest BCUT2D eigenvalue weighted by molar-refractivity contribution is 5.81. The van der Waals surface area contributed by atoms with Crippen molar-refractivity contribution >= 4 is 5.97 Å². The second-order valence-electron chi connectivity index (χ2n) is 5.78. The second kappa shape index (κ2) is 4.77. The number of esters is 1. The molecule has 0 amide bonds. The number of hydrogen-bond donors (Lipinski definition) is 1. The Bertz CT molecular complexity index is 503. The van der Waals surface area contributed by atoms with E-state index in [1.54, 1.807) is 20.8 Å². The topological polar surface area (TPSA) is 48.2 Å². The first-order valence-electron chi connectivity index (χ1n) is 6.24. The first-order valence-corrected chi connectivity index (χ1v) is 6.24. The van der Waals surface area contributed by atoms with Crippen LogP contribution >= 0.6 is 0 Å². The minimum atomic E-state index is -4.35. The maximum Gasteiger partial charge on any atom is 0.416 e. The Morgan fingerprint density at radius 3 is 2.15 bits per heavy atom. The molecule has 1 aliphatic heterocycles. The standard InChI is InChI=1S/C14H16F3NO2/c1-13(2,3)20-12(19)11-10(18-11)8-4-6-9(7-5-8)14(15,16)17/h4-7,10-11,18H,1-3H3/t10-,11+/m0/s1. The summed E-state index contributed by atoms with van der Waals surface area (Å²) in [5, 5.41) is 2.91. The number of carbonyl (C=O) groups excluding carboxylic acids is 1. The maximum absolute atomic E-state index is 12.4. The molecule has 2 rings (SSSR count). The second-order valence-corrected chi connectivity index (χ2v) is 5.78. The van der Waals surface area contributed by atoms with E-state index in [0.717, 1.165) is 12.1 Å². The van der Waals surface area contributed by atoms with E-state index >= 15 is 0 Å². The predicted octanol–water partition coefficient (Wildman–Crippen LogP) is 3.06. The third-order valence-corrected chi connectivity index (χ3v) is 2.84. The molecular formula is C14H16F3NO2. The third kappa shape index (κ3) is 3.50. The van der Waals surface area contributed by atoms with Crippen molar-refractivity contribution in [2.45, 2.75) is 44.6 Å². The highest BCUT2D eigenvalue weighted by Crippen LogP contribution is 2.34. The summed E-state index contributed by atoms with van der Waals surface area (Å²) in [5.74, 6) is -0.387. The van der Waals surface area contributed by atoms with E-state index in [4.69, 9.17) is 4.74 Å². The van der Waals surface area contributed by atoms with Gasteiger partial charge in [0, 0.05) is 0 Å². The molecule has 0 bridgehead atoms. The van der Waals surface area contributed by atoms with Crippen molar-refractivity contribution < 1.29 is 22.7 Å². The lowest BCUT2D eigenvalue weighted by Gasteiger charge is -2.19. The van der Waals surface area contributed by atoms with Gasteiger partial charge >= 0.3 is 12.1 Å². The van der Waals surface area contributed by atoms with Crippen LogP contribution in [0.15, 0.2) is 24.3 Å². The van der Waals surface area contributed by atoms with Crippen molar-refractivity contribution in [1.29, 1.82) is 0 Å². The molecule has 1 aromatic carbocycles. The van der Waals surface area contributed by atoms with Crippen molar-refractivity contribution in [2.24, 2.45) is 0 Å². The van der Waals surface area contributed by atoms with Gasteiger partial charge in [-0.15, -0.1) is 0 Å². The lowest BCUT2D eigenvalue weighted by atomic mass is 10.1. The summed E-state index contributed by atoms with van der Waals surface area (Å²) in [7, 11) is 0. The first kappa shape index (κ1) is 14.8. The summed E-state index contributed by atoms with van der Waals surface area (Å²) < 4.78 is 42.5. The van der Waals surface area contributed by atoms with Gasteiger partial charge in [0.1, 0.15) is 11.6 Å². The fraction of sp³-hybridized carbons (Fsp3) is 0.500. The van der Waals surface area contributed by atoms with Crippen LogP contribution in [-0.2, 0) is 15.7 Å². The van der Waals surface area contributed by atoms with Crippen molar-refractivity contribution in [2.75, 3.05) is 0 Å². The van der Waals surface area contributed by atoms with E-state index in [1.807, 2.05) is 0 Å². The molecule has 1 aliphatic rings. The highest BCUT2D eigenvalue weighted by Gasteiger charge is 2.45. The molecular weight excluding hydrogens is 271 g/mol. The molecule has 0 unspecified atom stereocenters. The third-order valence-electron chi connectivity index (χ3n) is 2.84. The smallest absolute Gasteiger partial charge is 0.416 e. The zero-order chi connectivity index (χ0) is 15.1. The Kier molecular flexibility index (Phi) is 3.54. The average molecular weight is 287 g/mol. The Hall–Kier alpha value is -1.56. The molecule has 1 saturated heterocycles. The van der Waals surface area contributed by atoms with Gasteiger partial charge < -0.3 is 4.74 Å². The van der Waals surface area contributed by atoms with Crippen LogP contribution in [0.25, 0.3) is 0 Å². The lowest BCUT2D eigenvalue weighted by molar-refractivity contribution is -0.154. The molecule has 1 fully saturated rings. The van der Waals surface area contributed by atoms with Crippen LogP contribution in [0.2, 0.25) is 0 Å². The van der Waals surface area contributed by atoms with Gasteiger partial charge in [0.15, 0.2) is 0 Å². The molecule has 3 nitrogen and oxygen atoms in total. The van der Waals surface area contributed by atoms with Gasteiger partial charge in [0.2, 0.25) is 0 Å². The van der Waals surface area contributed by atoms with Gasteiger partial charge in [0.25, 0.3) is 0 Å². The van der Waals surface area contributed by atoms with Crippen LogP contribution in [0.4, 0.5) is 13.2 Å². The average Bonchev–Trinajstić information content (AvgIpc) is 3.05. The molecule has 1 heterocycles. The summed E-state index contributed by atoms with van der Waals surface area (Å²) >= 11 is 0. The molecule has 0 aromatic heterocycles. The molecule has 0 saturated carbocycles. The number of alkyl halides is 3. The van der Waals surface area contributed by atoms with Crippen molar-refractivity contribution in [3.63, 3.8) is 0 Å². The number of ether oxygens (including phenoxy) is 1. The van der Waals surface area contributed by atoms with Gasteiger partial charge in [-0.3, -0.25) is 10.1 Å². The van der Waals surface area contributed by atoms with Gasteiger partial charge in [-0.05, 0) is 38.5 Å². The molecule has 6 heteroatoms. The first-order chi connectivity index (χ1) is 9.08. The Morgan fingerprint density at radius 1 is 1.15 bits per heavy atom. The molecule has 0 aliphatic carbocycles. The van der Waals surface area contributed by atoms with Gasteiger partial charge in [-0.1, -0.05) is 12.1 Å². The molecule has 20 heavy (non-hydrogen) atoms. The van der Waals surface area contributed by atoms with Crippen molar-refractivity contribution in [1.82, 2.24) is 5.32 Å². The van der Waals surface area contributed by atoms with Crippen LogP contribution in [0.3, 0.4) is 0 Å². The number of halogens is 3. The largest absolute Gasteiger partial charge is 0.459 e. The van der Waals surface area contributed by atoms with E-state index in [9.17, 15) is 18.0 Å². The number of nitrogens with one attached hydrogen (secondary N) is 1. The number of rotatable bonds is 2. The van der Waals surface area contributed by atoms with E-state index in [1.165, 1.54) is 12.1 Å². The molecule has 0 radical (unpaired) electrons. The molecule has 1 aromatic rings. The molecule has 1 N–H and O–H groups in total. The van der Waals surface area contributed by atoms with Gasteiger partial charge in [-0.2, -0.15) is 13.2 Å². The van der Waals surface area contributed by atoms with Crippen LogP contribution in [0.5, 0.6) is 0 Å². The van der Waals surface area contributed by atoms with Crippen LogP contribution in [0, 0.1) is 0 Å². The van der Waals surface area contributed by atoms with E-state index in [2.05, 4.69) is 5.32 Å². The quantitative estimate of drug-likeness (QED) is 0.672. The Labute approximate surface area is 115 Å². The highest BCUT2D eigenvalue weighted by atomic mass is 19.4. The Balaban J connectivity index is 2.00. The number of hydrogen-bond acceptors (Lipinski definition) is 3. The molecule has 2 atom stereocenters. The zero-order valence-corrected chi connectivity index (χ0v) is 11.4. The predicted molar refractivity (Wildman–Crippen MR) is 67.0 cm³/mol. The van der Waals surface area contributed by atoms with Gasteiger partial charge in [0.05, 0.1) is 11.6 Å². The number of benzene rings is 1. The fourth-order valence-corrected chi connectivity index (χ4v) is 1.88. The fourth-order valence-electron chi connectivity index (χ4n) is 1.88. The zero-order valence-electron chi connectivity index (χ0n) is 11.4. The maximum atomic E-state index is 12.4. The minimum absolute atomic E-state index is 0.271. The van der Waals surface area contributed by atoms with Crippen LogP contribution < -0.4 is 5.32 Å². The lowest BCUT2D eigenvalue weighted by Crippen LogP contribution is -2.27. The Morgan fingerprint density at radius 2 is 1.70 bits per heavy atom. The molecule has 0 spiro atoms. The van der Waals surface area contributed by atoms with Gasteiger partial charge in [-0.25, -0.2) is 0 Å². The summed E-state index contributed by atoms with van der Waals surface area (Å²) in [5.41, 5.74) is -0.629. The summed E-state index contributed by atoms with van der Waals surface area (Å²) in [4.78, 5) is 11.8. The van der Waals surface area contributed by atoms with Crippen LogP contribution in [0.1, 0.15) is 37.9 Å². The van der Waals surface area contributed by atoms with E-state index < -0.39 is 23.4 Å². The molecule has 110 valence electrons. The van der Waals surface area contributed by atoms with Crippen molar-refractivity contribution in [3.8, 4) is 0 Å².